The average molecular weight is 305 g/mol. The zero-order valence-corrected chi connectivity index (χ0v) is 12.5. The van der Waals surface area contributed by atoms with Crippen LogP contribution in [0.3, 0.4) is 0 Å². The molecule has 110 valence electrons. The first-order valence-electron chi connectivity index (χ1n) is 6.21. The molecule has 1 N–H and O–H groups in total. The number of esters is 1. The van der Waals surface area contributed by atoms with Gasteiger partial charge in [-0.25, -0.2) is 13.2 Å². The molecule has 0 radical (unpaired) electrons. The average Bonchev–Trinajstić information content (AvgIpc) is 2.47. The Morgan fingerprint density at radius 1 is 1.05 bits per heavy atom. The Balaban J connectivity index is 2.25. The molecule has 0 aliphatic heterocycles. The highest BCUT2D eigenvalue weighted by Crippen LogP contribution is 2.19. The topological polar surface area (TPSA) is 72.5 Å². The van der Waals surface area contributed by atoms with E-state index in [9.17, 15) is 13.2 Å². The smallest absolute Gasteiger partial charge is 0.337 e. The van der Waals surface area contributed by atoms with Crippen LogP contribution in [0.25, 0.3) is 0 Å². The van der Waals surface area contributed by atoms with E-state index in [0.29, 0.717) is 16.8 Å². The van der Waals surface area contributed by atoms with Gasteiger partial charge < -0.3 is 4.74 Å². The lowest BCUT2D eigenvalue weighted by atomic mass is 10.2. The van der Waals surface area contributed by atoms with Gasteiger partial charge in [-0.1, -0.05) is 18.2 Å². The maximum Gasteiger partial charge on any atom is 0.337 e. The molecule has 0 amide bonds. The van der Waals surface area contributed by atoms with Gasteiger partial charge in [-0.15, -0.1) is 0 Å². The summed E-state index contributed by atoms with van der Waals surface area (Å²) in [5, 5.41) is 0. The van der Waals surface area contributed by atoms with Gasteiger partial charge in [-0.3, -0.25) is 4.72 Å². The molecule has 0 spiro atoms. The molecule has 0 fully saturated rings. The predicted molar refractivity (Wildman–Crippen MR) is 79.8 cm³/mol. The molecule has 0 aliphatic carbocycles. The van der Waals surface area contributed by atoms with Crippen molar-refractivity contribution in [2.24, 2.45) is 0 Å². The number of carbonyl (C=O) groups excluding carboxylic acids is 1. The molecule has 0 aliphatic rings. The van der Waals surface area contributed by atoms with E-state index in [0.717, 1.165) is 0 Å². The lowest BCUT2D eigenvalue weighted by Gasteiger charge is -2.10. The monoisotopic (exact) mass is 305 g/mol. The van der Waals surface area contributed by atoms with E-state index in [1.807, 2.05) is 0 Å². The van der Waals surface area contributed by atoms with E-state index in [2.05, 4.69) is 9.46 Å². The Morgan fingerprint density at radius 2 is 1.67 bits per heavy atom. The van der Waals surface area contributed by atoms with Crippen molar-refractivity contribution in [2.75, 3.05) is 11.8 Å². The van der Waals surface area contributed by atoms with Crippen LogP contribution in [-0.2, 0) is 14.8 Å². The fourth-order valence-corrected chi connectivity index (χ4v) is 3.17. The first-order chi connectivity index (χ1) is 9.94. The summed E-state index contributed by atoms with van der Waals surface area (Å²) in [6, 6.07) is 12.8. The summed E-state index contributed by atoms with van der Waals surface area (Å²) in [6.07, 6.45) is 0. The maximum atomic E-state index is 12.3. The van der Waals surface area contributed by atoms with Gasteiger partial charge in [-0.05, 0) is 42.8 Å². The number of methoxy groups -OCH3 is 1. The van der Waals surface area contributed by atoms with Crippen LogP contribution < -0.4 is 4.72 Å². The SMILES string of the molecule is COC(=O)c1ccc(NS(=O)(=O)c2ccccc2C)cc1. The molecule has 0 saturated heterocycles. The largest absolute Gasteiger partial charge is 0.465 e. The fourth-order valence-electron chi connectivity index (χ4n) is 1.86. The van der Waals surface area contributed by atoms with Gasteiger partial charge in [0.1, 0.15) is 0 Å². The van der Waals surface area contributed by atoms with Crippen LogP contribution in [0.4, 0.5) is 5.69 Å². The quantitative estimate of drug-likeness (QED) is 0.881. The van der Waals surface area contributed by atoms with E-state index in [1.54, 1.807) is 31.2 Å². The second-order valence-electron chi connectivity index (χ2n) is 4.44. The molecular formula is C15H15NO4S. The second kappa shape index (κ2) is 5.97. The molecule has 2 rings (SSSR count). The van der Waals surface area contributed by atoms with Gasteiger partial charge in [0, 0.05) is 5.69 Å². The number of carbonyl (C=O) groups is 1. The molecule has 2 aromatic carbocycles. The number of aryl methyl sites for hydroxylation is 1. The minimum Gasteiger partial charge on any atom is -0.465 e. The van der Waals surface area contributed by atoms with Gasteiger partial charge in [0.25, 0.3) is 10.0 Å². The zero-order chi connectivity index (χ0) is 15.5. The standard InChI is InChI=1S/C15H15NO4S/c1-11-5-3-4-6-14(11)21(18,19)16-13-9-7-12(8-10-13)15(17)20-2/h3-10,16H,1-2H3. The number of benzene rings is 2. The van der Waals surface area contributed by atoms with Crippen molar-refractivity contribution in [1.29, 1.82) is 0 Å². The minimum atomic E-state index is -3.65. The molecule has 6 heteroatoms. The minimum absolute atomic E-state index is 0.224. The highest BCUT2D eigenvalue weighted by molar-refractivity contribution is 7.92. The van der Waals surface area contributed by atoms with Gasteiger partial charge >= 0.3 is 5.97 Å². The van der Waals surface area contributed by atoms with Gasteiger partial charge in [0.2, 0.25) is 0 Å². The molecule has 2 aromatic rings. The molecule has 0 heterocycles. The van der Waals surface area contributed by atoms with E-state index in [4.69, 9.17) is 0 Å². The van der Waals surface area contributed by atoms with Crippen LogP contribution in [0, 0.1) is 6.92 Å². The summed E-state index contributed by atoms with van der Waals surface area (Å²) in [5.74, 6) is -0.469. The van der Waals surface area contributed by atoms with Crippen molar-refractivity contribution in [3.05, 3.63) is 59.7 Å². The van der Waals surface area contributed by atoms with Crippen LogP contribution in [0.1, 0.15) is 15.9 Å². The number of rotatable bonds is 4. The van der Waals surface area contributed by atoms with E-state index in [-0.39, 0.29) is 4.90 Å². The number of nitrogens with one attached hydrogen (secondary N) is 1. The number of ether oxygens (including phenoxy) is 1. The van der Waals surface area contributed by atoms with Crippen molar-refractivity contribution < 1.29 is 17.9 Å². The molecule has 0 aromatic heterocycles. The molecule has 5 nitrogen and oxygen atoms in total. The molecule has 0 atom stereocenters. The van der Waals surface area contributed by atoms with Crippen LogP contribution in [0.15, 0.2) is 53.4 Å². The summed E-state index contributed by atoms with van der Waals surface area (Å²) < 4.78 is 31.7. The Labute approximate surface area is 123 Å². The van der Waals surface area contributed by atoms with Gasteiger partial charge in [-0.2, -0.15) is 0 Å². The van der Waals surface area contributed by atoms with E-state index in [1.165, 1.54) is 31.4 Å². The van der Waals surface area contributed by atoms with Crippen molar-refractivity contribution >= 4 is 21.7 Å². The van der Waals surface area contributed by atoms with Gasteiger partial charge in [0.05, 0.1) is 17.6 Å². The normalized spacial score (nSPS) is 11.0. The molecular weight excluding hydrogens is 290 g/mol. The van der Waals surface area contributed by atoms with Crippen LogP contribution >= 0.6 is 0 Å². The fraction of sp³-hybridized carbons (Fsp3) is 0.133. The van der Waals surface area contributed by atoms with Crippen molar-refractivity contribution in [3.8, 4) is 0 Å². The number of anilines is 1. The lowest BCUT2D eigenvalue weighted by molar-refractivity contribution is 0.0601. The van der Waals surface area contributed by atoms with Crippen molar-refractivity contribution in [2.45, 2.75) is 11.8 Å². The Bertz CT molecular complexity index is 751. The molecule has 0 unspecified atom stereocenters. The predicted octanol–water partition coefficient (Wildman–Crippen LogP) is 2.58. The van der Waals surface area contributed by atoms with Gasteiger partial charge in [0.15, 0.2) is 0 Å². The number of hydrogen-bond donors (Lipinski definition) is 1. The first kappa shape index (κ1) is 15.1. The third-order valence-corrected chi connectivity index (χ3v) is 4.48. The Hall–Kier alpha value is -2.34. The van der Waals surface area contributed by atoms with Crippen molar-refractivity contribution in [1.82, 2.24) is 0 Å². The maximum absolute atomic E-state index is 12.3. The third-order valence-electron chi connectivity index (χ3n) is 2.94. The van der Waals surface area contributed by atoms with Crippen LogP contribution in [-0.4, -0.2) is 21.5 Å². The summed E-state index contributed by atoms with van der Waals surface area (Å²) in [6.45, 7) is 1.73. The Morgan fingerprint density at radius 3 is 2.24 bits per heavy atom. The zero-order valence-electron chi connectivity index (χ0n) is 11.7. The first-order valence-corrected chi connectivity index (χ1v) is 7.69. The highest BCUT2D eigenvalue weighted by atomic mass is 32.2. The van der Waals surface area contributed by atoms with Crippen LogP contribution in [0.5, 0.6) is 0 Å². The molecule has 0 saturated carbocycles. The summed E-state index contributed by atoms with van der Waals surface area (Å²) in [7, 11) is -2.36. The second-order valence-corrected chi connectivity index (χ2v) is 6.09. The number of hydrogen-bond acceptors (Lipinski definition) is 4. The van der Waals surface area contributed by atoms with Crippen LogP contribution in [0.2, 0.25) is 0 Å². The highest BCUT2D eigenvalue weighted by Gasteiger charge is 2.16. The van der Waals surface area contributed by atoms with E-state index < -0.39 is 16.0 Å². The van der Waals surface area contributed by atoms with E-state index >= 15 is 0 Å². The molecule has 21 heavy (non-hydrogen) atoms. The summed E-state index contributed by atoms with van der Waals surface area (Å²) >= 11 is 0. The number of sulfonamides is 1. The molecule has 0 bridgehead atoms. The summed E-state index contributed by atoms with van der Waals surface area (Å²) in [4.78, 5) is 11.5. The Kier molecular flexibility index (Phi) is 4.28. The summed E-state index contributed by atoms with van der Waals surface area (Å²) in [5.41, 5.74) is 1.40. The lowest BCUT2D eigenvalue weighted by Crippen LogP contribution is -2.14. The third kappa shape index (κ3) is 3.41. The van der Waals surface area contributed by atoms with Crippen molar-refractivity contribution in [3.63, 3.8) is 0 Å².